The first-order valence-electron chi connectivity index (χ1n) is 4.38. The van der Waals surface area contributed by atoms with E-state index >= 15 is 0 Å². The number of rotatable bonds is 2. The molecule has 1 aliphatic rings. The van der Waals surface area contributed by atoms with E-state index in [0.717, 1.165) is 0 Å². The fourth-order valence-corrected chi connectivity index (χ4v) is 1.23. The molecule has 0 aliphatic carbocycles. The maximum Gasteiger partial charge on any atom is 0.367 e. The third kappa shape index (κ3) is 1.66. The zero-order chi connectivity index (χ0) is 11.7. The number of aliphatic hydroxyl groups is 3. The zero-order valence-corrected chi connectivity index (χ0v) is 8.01. The van der Waals surface area contributed by atoms with Crippen LogP contribution in [0.5, 0.6) is 11.5 Å². The number of ketones is 1. The Labute approximate surface area is 90.0 Å². The van der Waals surface area contributed by atoms with Crippen molar-refractivity contribution in [3.63, 3.8) is 0 Å². The molecule has 84 valence electrons. The van der Waals surface area contributed by atoms with E-state index in [1.54, 1.807) is 0 Å². The normalized spacial score (nSPS) is 13.8. The highest BCUT2D eigenvalue weighted by Gasteiger charge is 2.22. The van der Waals surface area contributed by atoms with E-state index in [1.165, 1.54) is 18.2 Å². The Hall–Kier alpha value is -2.21. The van der Waals surface area contributed by atoms with Crippen molar-refractivity contribution in [3.8, 4) is 11.5 Å². The average molecular weight is 224 g/mol. The number of benzene rings is 1. The minimum atomic E-state index is -0.777. The van der Waals surface area contributed by atoms with Gasteiger partial charge in [-0.15, -0.1) is 0 Å². The lowest BCUT2D eigenvalue weighted by Crippen LogP contribution is -2.12. The topological polar surface area (TPSA) is 96.2 Å². The summed E-state index contributed by atoms with van der Waals surface area (Å²) < 4.78 is 9.60. The van der Waals surface area contributed by atoms with Crippen molar-refractivity contribution in [2.75, 3.05) is 6.61 Å². The predicted octanol–water partition coefficient (Wildman–Crippen LogP) is 0.875. The molecule has 0 aromatic heterocycles. The van der Waals surface area contributed by atoms with Gasteiger partial charge < -0.3 is 24.8 Å². The summed E-state index contributed by atoms with van der Waals surface area (Å²) in [7, 11) is 0. The van der Waals surface area contributed by atoms with Gasteiger partial charge in [0.25, 0.3) is 0 Å². The van der Waals surface area contributed by atoms with Crippen molar-refractivity contribution in [1.82, 2.24) is 0 Å². The van der Waals surface area contributed by atoms with E-state index in [9.17, 15) is 4.79 Å². The van der Waals surface area contributed by atoms with Gasteiger partial charge in [-0.25, -0.2) is 0 Å². The van der Waals surface area contributed by atoms with Gasteiger partial charge in [0.2, 0.25) is 0 Å². The maximum atomic E-state index is 11.2. The molecule has 0 saturated carbocycles. The Morgan fingerprint density at radius 2 is 1.75 bits per heavy atom. The fraction of sp³-hybridized carbons (Fsp3) is 0.100. The van der Waals surface area contributed by atoms with Crippen molar-refractivity contribution in [2.45, 2.75) is 0 Å². The predicted molar refractivity (Wildman–Crippen MR) is 51.4 cm³/mol. The standard InChI is InChI=1S/C10H8O6/c11-4-6(12)5-1-2-7-8(3-5)16-10(14)9(13)15-7/h1-3,11,13-14H,4H2. The number of carbonyl (C=O) groups excluding carboxylic acids is 1. The van der Waals surface area contributed by atoms with Crippen molar-refractivity contribution >= 4 is 5.78 Å². The molecule has 2 rings (SSSR count). The fourth-order valence-electron chi connectivity index (χ4n) is 1.23. The van der Waals surface area contributed by atoms with Crippen LogP contribution in [-0.4, -0.2) is 27.7 Å². The largest absolute Gasteiger partial charge is 0.476 e. The molecular weight excluding hydrogens is 216 g/mol. The van der Waals surface area contributed by atoms with E-state index < -0.39 is 24.3 Å². The smallest absolute Gasteiger partial charge is 0.367 e. The third-order valence-corrected chi connectivity index (χ3v) is 2.01. The molecule has 0 fully saturated rings. The van der Waals surface area contributed by atoms with Crippen LogP contribution in [0.2, 0.25) is 0 Å². The molecule has 0 amide bonds. The summed E-state index contributed by atoms with van der Waals surface area (Å²) in [5, 5.41) is 26.7. The van der Waals surface area contributed by atoms with Crippen molar-refractivity contribution < 1.29 is 29.6 Å². The lowest BCUT2D eigenvalue weighted by molar-refractivity contribution is 0.0844. The summed E-state index contributed by atoms with van der Waals surface area (Å²) >= 11 is 0. The molecule has 0 saturated heterocycles. The summed E-state index contributed by atoms with van der Waals surface area (Å²) in [6.07, 6.45) is 0. The molecule has 0 radical (unpaired) electrons. The minimum absolute atomic E-state index is 0.0922. The number of Topliss-reactive ketones (excluding diaryl/α,β-unsaturated/α-hetero) is 1. The number of carbonyl (C=O) groups is 1. The minimum Gasteiger partial charge on any atom is -0.476 e. The van der Waals surface area contributed by atoms with E-state index in [0.29, 0.717) is 0 Å². The van der Waals surface area contributed by atoms with Gasteiger partial charge in [0.1, 0.15) is 6.61 Å². The third-order valence-electron chi connectivity index (χ3n) is 2.01. The number of ether oxygens (including phenoxy) is 2. The van der Waals surface area contributed by atoms with Crippen LogP contribution in [0, 0.1) is 0 Å². The van der Waals surface area contributed by atoms with Crippen LogP contribution in [-0.2, 0) is 0 Å². The van der Waals surface area contributed by atoms with E-state index in [1.807, 2.05) is 0 Å². The maximum absolute atomic E-state index is 11.2. The molecule has 0 spiro atoms. The number of aliphatic hydroxyl groups excluding tert-OH is 3. The Balaban J connectivity index is 2.37. The quantitative estimate of drug-likeness (QED) is 0.645. The molecule has 1 heterocycles. The van der Waals surface area contributed by atoms with Crippen molar-refractivity contribution in [2.24, 2.45) is 0 Å². The lowest BCUT2D eigenvalue weighted by atomic mass is 10.1. The van der Waals surface area contributed by atoms with E-state index in [2.05, 4.69) is 0 Å². The van der Waals surface area contributed by atoms with Crippen LogP contribution >= 0.6 is 0 Å². The molecule has 16 heavy (non-hydrogen) atoms. The molecule has 0 atom stereocenters. The van der Waals surface area contributed by atoms with Crippen LogP contribution < -0.4 is 9.47 Å². The van der Waals surface area contributed by atoms with Crippen LogP contribution in [0.3, 0.4) is 0 Å². The van der Waals surface area contributed by atoms with Gasteiger partial charge in [-0.2, -0.15) is 0 Å². The molecule has 0 unspecified atom stereocenters. The molecule has 1 aliphatic heterocycles. The Morgan fingerprint density at radius 1 is 1.12 bits per heavy atom. The second kappa shape index (κ2) is 3.74. The zero-order valence-electron chi connectivity index (χ0n) is 8.01. The molecule has 0 bridgehead atoms. The van der Waals surface area contributed by atoms with Gasteiger partial charge in [-0.05, 0) is 18.2 Å². The Bertz CT molecular complexity index is 476. The summed E-state index contributed by atoms with van der Waals surface area (Å²) in [6, 6.07) is 4.10. The van der Waals surface area contributed by atoms with Crippen molar-refractivity contribution in [3.05, 3.63) is 35.7 Å². The van der Waals surface area contributed by atoms with Gasteiger partial charge in [0.05, 0.1) is 0 Å². The highest BCUT2D eigenvalue weighted by molar-refractivity contribution is 5.97. The molecule has 1 aromatic carbocycles. The number of fused-ring (bicyclic) bond motifs is 1. The molecule has 1 aromatic rings. The highest BCUT2D eigenvalue weighted by atomic mass is 16.7. The summed E-state index contributed by atoms with van der Waals surface area (Å²) in [5.74, 6) is -1.74. The Kier molecular flexibility index (Phi) is 2.41. The first-order chi connectivity index (χ1) is 7.61. The first kappa shape index (κ1) is 10.3. The molecule has 3 N–H and O–H groups in total. The van der Waals surface area contributed by atoms with Gasteiger partial charge >= 0.3 is 11.9 Å². The van der Waals surface area contributed by atoms with Crippen LogP contribution in [0.1, 0.15) is 10.4 Å². The average Bonchev–Trinajstić information content (AvgIpc) is 2.29. The van der Waals surface area contributed by atoms with Gasteiger partial charge in [-0.3, -0.25) is 4.79 Å². The number of hydrogen-bond acceptors (Lipinski definition) is 6. The van der Waals surface area contributed by atoms with Crippen LogP contribution in [0.25, 0.3) is 0 Å². The van der Waals surface area contributed by atoms with Gasteiger partial charge in [-0.1, -0.05) is 0 Å². The lowest BCUT2D eigenvalue weighted by Gasteiger charge is -2.16. The van der Waals surface area contributed by atoms with Gasteiger partial charge in [0, 0.05) is 5.56 Å². The van der Waals surface area contributed by atoms with Gasteiger partial charge in [0.15, 0.2) is 17.3 Å². The van der Waals surface area contributed by atoms with E-state index in [-0.39, 0.29) is 17.1 Å². The highest BCUT2D eigenvalue weighted by Crippen LogP contribution is 2.34. The molecule has 6 nitrogen and oxygen atoms in total. The number of hydrogen-bond donors (Lipinski definition) is 3. The monoisotopic (exact) mass is 224 g/mol. The molecular formula is C10H8O6. The van der Waals surface area contributed by atoms with E-state index in [4.69, 9.17) is 24.8 Å². The molecule has 6 heteroatoms. The summed E-state index contributed by atoms with van der Waals surface area (Å²) in [6.45, 7) is -0.618. The summed E-state index contributed by atoms with van der Waals surface area (Å²) in [5.41, 5.74) is 0.221. The second-order valence-electron chi connectivity index (χ2n) is 3.06. The SMILES string of the molecule is O=C(CO)c1ccc2c(c1)OC(O)=C(O)O2. The Morgan fingerprint density at radius 3 is 2.38 bits per heavy atom. The second-order valence-corrected chi connectivity index (χ2v) is 3.06. The van der Waals surface area contributed by atoms with Crippen molar-refractivity contribution in [1.29, 1.82) is 0 Å². The summed E-state index contributed by atoms with van der Waals surface area (Å²) in [4.78, 5) is 11.2. The first-order valence-corrected chi connectivity index (χ1v) is 4.38. The van der Waals surface area contributed by atoms with Crippen LogP contribution in [0.15, 0.2) is 30.1 Å². The van der Waals surface area contributed by atoms with Crippen LogP contribution in [0.4, 0.5) is 0 Å².